The topological polar surface area (TPSA) is 46.5 Å². The van der Waals surface area contributed by atoms with Crippen LogP contribution in [0.15, 0.2) is 30.4 Å². The molecule has 19 heavy (non-hydrogen) atoms. The highest BCUT2D eigenvalue weighted by Crippen LogP contribution is 2.29. The summed E-state index contributed by atoms with van der Waals surface area (Å²) in [6, 6.07) is 4.74. The predicted molar refractivity (Wildman–Crippen MR) is 74.7 cm³/mol. The Labute approximate surface area is 121 Å². The summed E-state index contributed by atoms with van der Waals surface area (Å²) in [4.78, 5) is 11.3. The van der Waals surface area contributed by atoms with Gasteiger partial charge in [-0.1, -0.05) is 41.4 Å². The van der Waals surface area contributed by atoms with Crippen LogP contribution in [0.2, 0.25) is 10.0 Å². The zero-order valence-electron chi connectivity index (χ0n) is 10.2. The number of hydrogen-bond donors (Lipinski definition) is 1. The lowest BCUT2D eigenvalue weighted by atomic mass is 10.0. The van der Waals surface area contributed by atoms with Crippen LogP contribution in [0.4, 0.5) is 0 Å². The Morgan fingerprint density at radius 3 is 2.74 bits per heavy atom. The van der Waals surface area contributed by atoms with E-state index in [1.54, 1.807) is 12.1 Å². The van der Waals surface area contributed by atoms with Crippen molar-refractivity contribution in [3.8, 4) is 0 Å². The number of carbonyl (C=O) groups is 1. The fourth-order valence-corrected chi connectivity index (χ4v) is 2.33. The fourth-order valence-electron chi connectivity index (χ4n) is 2.02. The standard InChI is InChI=1S/C14H14Cl2O3/c15-11-7-6-9(8-12(11)16)13(14(17)18)19-10-4-2-1-3-5-10/h2,4,6-8,10,13H,1,3,5H2,(H,17,18). The van der Waals surface area contributed by atoms with E-state index in [1.807, 2.05) is 12.2 Å². The van der Waals surface area contributed by atoms with Gasteiger partial charge in [-0.15, -0.1) is 0 Å². The van der Waals surface area contributed by atoms with Crippen molar-refractivity contribution in [3.63, 3.8) is 0 Å². The van der Waals surface area contributed by atoms with E-state index in [0.717, 1.165) is 19.3 Å². The minimum Gasteiger partial charge on any atom is -0.479 e. The average Bonchev–Trinajstić information content (AvgIpc) is 2.40. The van der Waals surface area contributed by atoms with Crippen LogP contribution in [-0.4, -0.2) is 17.2 Å². The number of rotatable bonds is 4. The van der Waals surface area contributed by atoms with Gasteiger partial charge in [-0.05, 0) is 37.0 Å². The highest BCUT2D eigenvalue weighted by Gasteiger charge is 2.25. The summed E-state index contributed by atoms with van der Waals surface area (Å²) in [5.41, 5.74) is 0.501. The van der Waals surface area contributed by atoms with Crippen molar-refractivity contribution < 1.29 is 14.6 Å². The fraction of sp³-hybridized carbons (Fsp3) is 0.357. The number of allylic oxidation sites excluding steroid dienone is 1. The van der Waals surface area contributed by atoms with Crippen molar-refractivity contribution in [1.29, 1.82) is 0 Å². The summed E-state index contributed by atoms with van der Waals surface area (Å²) >= 11 is 11.7. The Morgan fingerprint density at radius 2 is 2.16 bits per heavy atom. The normalized spacial score (nSPS) is 20.2. The van der Waals surface area contributed by atoms with Crippen LogP contribution in [0, 0.1) is 0 Å². The molecule has 0 radical (unpaired) electrons. The molecular weight excluding hydrogens is 287 g/mol. The van der Waals surface area contributed by atoms with Gasteiger partial charge in [0.25, 0.3) is 0 Å². The number of carboxylic acids is 1. The third-order valence-corrected chi connectivity index (χ3v) is 3.73. The minimum atomic E-state index is -1.03. The van der Waals surface area contributed by atoms with Gasteiger partial charge in [-0.3, -0.25) is 0 Å². The summed E-state index contributed by atoms with van der Waals surface area (Å²) < 4.78 is 5.65. The van der Waals surface area contributed by atoms with Crippen molar-refractivity contribution in [2.45, 2.75) is 31.5 Å². The molecular formula is C14H14Cl2O3. The van der Waals surface area contributed by atoms with Crippen LogP contribution < -0.4 is 0 Å². The number of aliphatic carboxylic acids is 1. The molecule has 2 rings (SSSR count). The van der Waals surface area contributed by atoms with E-state index in [2.05, 4.69) is 0 Å². The lowest BCUT2D eigenvalue weighted by molar-refractivity contribution is -0.153. The zero-order valence-corrected chi connectivity index (χ0v) is 11.7. The van der Waals surface area contributed by atoms with Crippen LogP contribution in [0.1, 0.15) is 30.9 Å². The summed E-state index contributed by atoms with van der Waals surface area (Å²) in [5, 5.41) is 10.0. The van der Waals surface area contributed by atoms with E-state index in [0.29, 0.717) is 15.6 Å². The van der Waals surface area contributed by atoms with Crippen molar-refractivity contribution >= 4 is 29.2 Å². The molecule has 0 amide bonds. The molecule has 102 valence electrons. The van der Waals surface area contributed by atoms with Crippen molar-refractivity contribution in [1.82, 2.24) is 0 Å². The molecule has 0 aromatic heterocycles. The summed E-state index contributed by atoms with van der Waals surface area (Å²) in [7, 11) is 0. The van der Waals surface area contributed by atoms with Crippen LogP contribution in [0.25, 0.3) is 0 Å². The van der Waals surface area contributed by atoms with Crippen LogP contribution in [0.3, 0.4) is 0 Å². The van der Waals surface area contributed by atoms with Crippen LogP contribution in [-0.2, 0) is 9.53 Å². The summed E-state index contributed by atoms with van der Waals surface area (Å²) in [6.07, 6.45) is 5.60. The lowest BCUT2D eigenvalue weighted by Crippen LogP contribution is -2.22. The third kappa shape index (κ3) is 3.72. The van der Waals surface area contributed by atoms with E-state index in [4.69, 9.17) is 27.9 Å². The molecule has 2 atom stereocenters. The Kier molecular flexibility index (Phi) is 4.86. The second kappa shape index (κ2) is 6.42. The molecule has 0 fully saturated rings. The summed E-state index contributed by atoms with van der Waals surface area (Å²) in [5.74, 6) is -1.03. The first-order chi connectivity index (χ1) is 9.08. The van der Waals surface area contributed by atoms with E-state index in [9.17, 15) is 9.90 Å². The Hall–Kier alpha value is -1.03. The first kappa shape index (κ1) is 14.4. The van der Waals surface area contributed by atoms with Crippen molar-refractivity contribution in [2.24, 2.45) is 0 Å². The zero-order chi connectivity index (χ0) is 13.8. The molecule has 5 heteroatoms. The highest BCUT2D eigenvalue weighted by atomic mass is 35.5. The van der Waals surface area contributed by atoms with E-state index in [-0.39, 0.29) is 6.10 Å². The van der Waals surface area contributed by atoms with Gasteiger partial charge in [-0.25, -0.2) is 4.79 Å². The van der Waals surface area contributed by atoms with Gasteiger partial charge in [0.15, 0.2) is 6.10 Å². The molecule has 0 spiro atoms. The van der Waals surface area contributed by atoms with Gasteiger partial charge in [-0.2, -0.15) is 0 Å². The van der Waals surface area contributed by atoms with Crippen molar-refractivity contribution in [3.05, 3.63) is 46.0 Å². The van der Waals surface area contributed by atoms with Gasteiger partial charge in [0.1, 0.15) is 0 Å². The smallest absolute Gasteiger partial charge is 0.337 e. The molecule has 3 nitrogen and oxygen atoms in total. The molecule has 0 bridgehead atoms. The van der Waals surface area contributed by atoms with E-state index < -0.39 is 12.1 Å². The third-order valence-electron chi connectivity index (χ3n) is 2.99. The Balaban J connectivity index is 2.19. The van der Waals surface area contributed by atoms with Gasteiger partial charge >= 0.3 is 5.97 Å². The Morgan fingerprint density at radius 1 is 1.37 bits per heavy atom. The number of halogens is 2. The number of carboxylic acid groups (broad SMARTS) is 1. The number of hydrogen-bond acceptors (Lipinski definition) is 2. The van der Waals surface area contributed by atoms with E-state index >= 15 is 0 Å². The second-order valence-corrected chi connectivity index (χ2v) is 5.24. The maximum absolute atomic E-state index is 11.3. The molecule has 0 aliphatic heterocycles. The maximum Gasteiger partial charge on any atom is 0.337 e. The molecule has 2 unspecified atom stereocenters. The average molecular weight is 301 g/mol. The molecule has 1 aromatic rings. The quantitative estimate of drug-likeness (QED) is 0.846. The monoisotopic (exact) mass is 300 g/mol. The molecule has 0 heterocycles. The largest absolute Gasteiger partial charge is 0.479 e. The first-order valence-electron chi connectivity index (χ1n) is 6.08. The maximum atomic E-state index is 11.3. The molecule has 1 aliphatic rings. The van der Waals surface area contributed by atoms with E-state index in [1.165, 1.54) is 6.07 Å². The molecule has 1 aromatic carbocycles. The molecule has 1 aliphatic carbocycles. The number of ether oxygens (including phenoxy) is 1. The van der Waals surface area contributed by atoms with Crippen molar-refractivity contribution in [2.75, 3.05) is 0 Å². The Bertz CT molecular complexity index is 499. The first-order valence-corrected chi connectivity index (χ1v) is 6.83. The van der Waals surface area contributed by atoms with Gasteiger partial charge < -0.3 is 9.84 Å². The molecule has 0 saturated heterocycles. The van der Waals surface area contributed by atoms with Crippen LogP contribution >= 0.6 is 23.2 Å². The van der Waals surface area contributed by atoms with Crippen LogP contribution in [0.5, 0.6) is 0 Å². The minimum absolute atomic E-state index is 0.163. The van der Waals surface area contributed by atoms with Gasteiger partial charge in [0.2, 0.25) is 0 Å². The SMILES string of the molecule is O=C(O)C(OC1C=CCCC1)c1ccc(Cl)c(Cl)c1. The van der Waals surface area contributed by atoms with Gasteiger partial charge in [0, 0.05) is 0 Å². The second-order valence-electron chi connectivity index (χ2n) is 4.43. The highest BCUT2D eigenvalue weighted by molar-refractivity contribution is 6.42. The number of benzene rings is 1. The predicted octanol–water partition coefficient (Wildman–Crippen LogP) is 4.24. The molecule has 0 saturated carbocycles. The molecule has 1 N–H and O–H groups in total. The summed E-state index contributed by atoms with van der Waals surface area (Å²) in [6.45, 7) is 0. The van der Waals surface area contributed by atoms with Gasteiger partial charge in [0.05, 0.1) is 16.1 Å². The lowest BCUT2D eigenvalue weighted by Gasteiger charge is -2.22.